The average Bonchev–Trinajstić information content (AvgIpc) is 3.01. The van der Waals surface area contributed by atoms with Crippen molar-refractivity contribution in [2.75, 3.05) is 4.90 Å². The Labute approximate surface area is 187 Å². The minimum Gasteiger partial charge on any atom is -0.508 e. The standard InChI is InChI=1S/C26H24N2O2S/c1-16-8-10-18(3)22(12-16)27-26-28(23-13-17(2)9-11-19(23)4)25(30)24(31-26)15-20-6-5-7-21(29)14-20/h5-15,29H,1-4H3/b24-15-,27-26?. The summed E-state index contributed by atoms with van der Waals surface area (Å²) in [6, 6.07) is 19.1. The number of thioether (sulfide) groups is 1. The molecule has 31 heavy (non-hydrogen) atoms. The summed E-state index contributed by atoms with van der Waals surface area (Å²) < 4.78 is 0. The first-order chi connectivity index (χ1) is 14.8. The van der Waals surface area contributed by atoms with Crippen molar-refractivity contribution in [2.45, 2.75) is 27.7 Å². The molecule has 4 rings (SSSR count). The van der Waals surface area contributed by atoms with Gasteiger partial charge in [0.1, 0.15) is 5.75 Å². The fourth-order valence-electron chi connectivity index (χ4n) is 3.43. The number of carbonyl (C=O) groups excluding carboxylic acids is 1. The summed E-state index contributed by atoms with van der Waals surface area (Å²) in [4.78, 5) is 20.7. The van der Waals surface area contributed by atoms with Gasteiger partial charge >= 0.3 is 0 Å². The third kappa shape index (κ3) is 4.42. The molecule has 3 aromatic carbocycles. The number of phenols is 1. The predicted molar refractivity (Wildman–Crippen MR) is 130 cm³/mol. The highest BCUT2D eigenvalue weighted by Gasteiger charge is 2.35. The first-order valence-corrected chi connectivity index (χ1v) is 10.9. The monoisotopic (exact) mass is 428 g/mol. The fourth-order valence-corrected chi connectivity index (χ4v) is 4.42. The van der Waals surface area contributed by atoms with E-state index >= 15 is 0 Å². The van der Waals surface area contributed by atoms with Crippen LogP contribution < -0.4 is 4.90 Å². The molecule has 0 aliphatic carbocycles. The van der Waals surface area contributed by atoms with Crippen molar-refractivity contribution in [2.24, 2.45) is 4.99 Å². The molecule has 3 aromatic rings. The number of nitrogens with zero attached hydrogens (tertiary/aromatic N) is 2. The molecule has 156 valence electrons. The molecule has 1 amide bonds. The number of anilines is 1. The summed E-state index contributed by atoms with van der Waals surface area (Å²) in [6.45, 7) is 8.07. The molecule has 0 spiro atoms. The van der Waals surface area contributed by atoms with E-state index in [2.05, 4.69) is 6.07 Å². The van der Waals surface area contributed by atoms with Crippen LogP contribution in [-0.4, -0.2) is 16.2 Å². The van der Waals surface area contributed by atoms with E-state index < -0.39 is 0 Å². The number of amides is 1. The lowest BCUT2D eigenvalue weighted by molar-refractivity contribution is -0.113. The number of aliphatic imine (C=N–C) groups is 1. The third-order valence-corrected chi connectivity index (χ3v) is 6.13. The molecule has 1 heterocycles. The second-order valence-corrected chi connectivity index (χ2v) is 8.83. The molecule has 0 bridgehead atoms. The zero-order valence-corrected chi connectivity index (χ0v) is 18.8. The lowest BCUT2D eigenvalue weighted by Crippen LogP contribution is -2.29. The number of rotatable bonds is 3. The van der Waals surface area contributed by atoms with Crippen LogP contribution in [0.15, 0.2) is 70.6 Å². The van der Waals surface area contributed by atoms with Crippen LogP contribution in [0.25, 0.3) is 6.08 Å². The molecule has 1 aliphatic rings. The van der Waals surface area contributed by atoms with Crippen LogP contribution in [0.1, 0.15) is 27.8 Å². The second kappa shape index (κ2) is 8.44. The highest BCUT2D eigenvalue weighted by molar-refractivity contribution is 8.19. The maximum atomic E-state index is 13.5. The molecule has 0 unspecified atom stereocenters. The number of aromatic hydroxyl groups is 1. The van der Waals surface area contributed by atoms with E-state index in [0.29, 0.717) is 10.1 Å². The van der Waals surface area contributed by atoms with Gasteiger partial charge in [-0.1, -0.05) is 36.4 Å². The van der Waals surface area contributed by atoms with Gasteiger partial charge in [0.25, 0.3) is 5.91 Å². The predicted octanol–water partition coefficient (Wildman–Crippen LogP) is 6.43. The summed E-state index contributed by atoms with van der Waals surface area (Å²) >= 11 is 1.35. The summed E-state index contributed by atoms with van der Waals surface area (Å²) in [5, 5.41) is 10.4. The summed E-state index contributed by atoms with van der Waals surface area (Å²) in [5.41, 5.74) is 6.71. The molecule has 0 saturated carbocycles. The molecule has 5 heteroatoms. The Morgan fingerprint density at radius 2 is 1.61 bits per heavy atom. The number of phenolic OH excluding ortho intramolecular Hbond substituents is 1. The number of hydrogen-bond acceptors (Lipinski definition) is 4. The lowest BCUT2D eigenvalue weighted by atomic mass is 10.1. The van der Waals surface area contributed by atoms with Gasteiger partial charge in [0.2, 0.25) is 0 Å². The number of benzene rings is 3. The van der Waals surface area contributed by atoms with Crippen LogP contribution in [0.3, 0.4) is 0 Å². The Morgan fingerprint density at radius 3 is 2.35 bits per heavy atom. The smallest absolute Gasteiger partial charge is 0.271 e. The first-order valence-electron chi connectivity index (χ1n) is 10.1. The maximum Gasteiger partial charge on any atom is 0.271 e. The van der Waals surface area contributed by atoms with Crippen LogP contribution in [0.2, 0.25) is 0 Å². The molecule has 1 saturated heterocycles. The van der Waals surface area contributed by atoms with Crippen molar-refractivity contribution >= 4 is 40.3 Å². The largest absolute Gasteiger partial charge is 0.508 e. The third-order valence-electron chi connectivity index (χ3n) is 5.16. The van der Waals surface area contributed by atoms with Crippen LogP contribution in [0, 0.1) is 27.7 Å². The van der Waals surface area contributed by atoms with E-state index in [1.165, 1.54) is 11.8 Å². The summed E-state index contributed by atoms with van der Waals surface area (Å²) in [6.07, 6.45) is 1.80. The van der Waals surface area contributed by atoms with E-state index in [1.54, 1.807) is 29.2 Å². The molecule has 1 fully saturated rings. The van der Waals surface area contributed by atoms with E-state index in [1.807, 2.05) is 64.1 Å². The van der Waals surface area contributed by atoms with Crippen molar-refractivity contribution in [1.29, 1.82) is 0 Å². The highest BCUT2D eigenvalue weighted by Crippen LogP contribution is 2.39. The molecular formula is C26H24N2O2S. The fraction of sp³-hybridized carbons (Fsp3) is 0.154. The number of carbonyl (C=O) groups is 1. The molecule has 1 aliphatic heterocycles. The number of amidine groups is 1. The van der Waals surface area contributed by atoms with Crippen LogP contribution in [-0.2, 0) is 4.79 Å². The van der Waals surface area contributed by atoms with Gasteiger partial charge in [-0.15, -0.1) is 0 Å². The minimum atomic E-state index is -0.119. The highest BCUT2D eigenvalue weighted by atomic mass is 32.2. The maximum absolute atomic E-state index is 13.5. The van der Waals surface area contributed by atoms with Crippen molar-refractivity contribution < 1.29 is 9.90 Å². The molecule has 1 N–H and O–H groups in total. The van der Waals surface area contributed by atoms with Gasteiger partial charge in [-0.2, -0.15) is 0 Å². The van der Waals surface area contributed by atoms with Gasteiger partial charge in [-0.3, -0.25) is 9.69 Å². The first kappa shape index (κ1) is 20.9. The normalized spacial score (nSPS) is 16.5. The molecule has 0 radical (unpaired) electrons. The van der Waals surface area contributed by atoms with Crippen LogP contribution in [0.5, 0.6) is 5.75 Å². The van der Waals surface area contributed by atoms with Gasteiger partial charge in [0.15, 0.2) is 5.17 Å². The topological polar surface area (TPSA) is 52.9 Å². The van der Waals surface area contributed by atoms with E-state index in [4.69, 9.17) is 4.99 Å². The van der Waals surface area contributed by atoms with Crippen molar-refractivity contribution in [1.82, 2.24) is 0 Å². The SMILES string of the molecule is Cc1ccc(C)c(N=C2S/C(=C\c3cccc(O)c3)C(=O)N2c2cc(C)ccc2C)c1. The number of aryl methyl sites for hydroxylation is 4. The molecule has 4 nitrogen and oxygen atoms in total. The van der Waals surface area contributed by atoms with Crippen LogP contribution in [0.4, 0.5) is 11.4 Å². The van der Waals surface area contributed by atoms with Crippen molar-refractivity contribution in [3.63, 3.8) is 0 Å². The Hall–Kier alpha value is -3.31. The minimum absolute atomic E-state index is 0.119. The quantitative estimate of drug-likeness (QED) is 0.489. The van der Waals surface area contributed by atoms with Gasteiger partial charge in [-0.05, 0) is 97.6 Å². The summed E-state index contributed by atoms with van der Waals surface area (Å²) in [7, 11) is 0. The second-order valence-electron chi connectivity index (χ2n) is 7.82. The summed E-state index contributed by atoms with van der Waals surface area (Å²) in [5.74, 6) is 0.0477. The van der Waals surface area contributed by atoms with Gasteiger partial charge in [-0.25, -0.2) is 4.99 Å². The van der Waals surface area contributed by atoms with E-state index in [0.717, 1.165) is 39.2 Å². The molecule has 0 aromatic heterocycles. The zero-order chi connectivity index (χ0) is 22.1. The van der Waals surface area contributed by atoms with Crippen molar-refractivity contribution in [3.05, 3.63) is 93.4 Å². The molecular weight excluding hydrogens is 404 g/mol. The Balaban J connectivity index is 1.86. The van der Waals surface area contributed by atoms with Crippen LogP contribution >= 0.6 is 11.8 Å². The van der Waals surface area contributed by atoms with E-state index in [9.17, 15) is 9.90 Å². The Kier molecular flexibility index (Phi) is 5.70. The zero-order valence-electron chi connectivity index (χ0n) is 18.0. The Bertz CT molecular complexity index is 1240. The lowest BCUT2D eigenvalue weighted by Gasteiger charge is -2.19. The van der Waals surface area contributed by atoms with Crippen molar-refractivity contribution in [3.8, 4) is 5.75 Å². The van der Waals surface area contributed by atoms with E-state index in [-0.39, 0.29) is 11.7 Å². The average molecular weight is 429 g/mol. The van der Waals surface area contributed by atoms with Gasteiger partial charge < -0.3 is 5.11 Å². The van der Waals surface area contributed by atoms with Gasteiger partial charge in [0.05, 0.1) is 16.3 Å². The van der Waals surface area contributed by atoms with Gasteiger partial charge in [0, 0.05) is 0 Å². The Morgan fingerprint density at radius 1 is 0.903 bits per heavy atom. The number of hydrogen-bond donors (Lipinski definition) is 1. The molecule has 0 atom stereocenters.